The van der Waals surface area contributed by atoms with Gasteiger partial charge in [-0.1, -0.05) is 65.2 Å². The maximum Gasteiger partial charge on any atom is 0.300 e. The van der Waals surface area contributed by atoms with Crippen molar-refractivity contribution in [1.82, 2.24) is 0 Å². The molecule has 0 atom stereocenters. The predicted molar refractivity (Wildman–Crippen MR) is 76.8 cm³/mol. The van der Waals surface area contributed by atoms with Gasteiger partial charge in [-0.05, 0) is 12.3 Å². The van der Waals surface area contributed by atoms with E-state index in [4.69, 9.17) is 15.0 Å². The second-order valence-corrected chi connectivity index (χ2v) is 5.25. The Balaban J connectivity index is 0. The molecule has 0 fully saturated rings. The van der Waals surface area contributed by atoms with Gasteiger partial charge in [0.15, 0.2) is 0 Å². The maximum atomic E-state index is 9.00. The molecule has 0 bridgehead atoms. The van der Waals surface area contributed by atoms with Crippen LogP contribution in [0.15, 0.2) is 0 Å². The Morgan fingerprint density at radius 3 is 1.56 bits per heavy atom. The van der Waals surface area contributed by atoms with Crippen LogP contribution in [0.1, 0.15) is 78.6 Å². The Bertz CT molecular complexity index is 163. The monoisotopic (exact) mass is 260 g/mol. The van der Waals surface area contributed by atoms with Gasteiger partial charge in [-0.2, -0.15) is 0 Å². The molecule has 0 amide bonds. The third-order valence-electron chi connectivity index (χ3n) is 2.69. The summed E-state index contributed by atoms with van der Waals surface area (Å²) in [4.78, 5) is 9.00. The van der Waals surface area contributed by atoms with Crippen molar-refractivity contribution in [3.8, 4) is 0 Å². The van der Waals surface area contributed by atoms with E-state index in [0.717, 1.165) is 19.3 Å². The zero-order valence-corrected chi connectivity index (χ0v) is 12.5. The van der Waals surface area contributed by atoms with Crippen molar-refractivity contribution >= 4 is 5.97 Å². The number of carbonyl (C=O) groups is 1. The minimum Gasteiger partial charge on any atom is -0.481 e. The number of aliphatic hydroxyl groups excluding tert-OH is 1. The zero-order chi connectivity index (χ0) is 14.2. The highest BCUT2D eigenvalue weighted by Crippen LogP contribution is 2.12. The highest BCUT2D eigenvalue weighted by Gasteiger charge is 1.94. The molecule has 0 radical (unpaired) electrons. The van der Waals surface area contributed by atoms with Crippen LogP contribution in [0.5, 0.6) is 0 Å². The van der Waals surface area contributed by atoms with Crippen LogP contribution in [0.2, 0.25) is 0 Å². The zero-order valence-electron chi connectivity index (χ0n) is 12.5. The van der Waals surface area contributed by atoms with Crippen molar-refractivity contribution in [2.45, 2.75) is 78.6 Å². The summed E-state index contributed by atoms with van der Waals surface area (Å²) in [5, 5.41) is 16.0. The van der Waals surface area contributed by atoms with E-state index in [2.05, 4.69) is 13.8 Å². The first-order valence-electron chi connectivity index (χ1n) is 7.31. The summed E-state index contributed by atoms with van der Waals surface area (Å²) in [6, 6.07) is 0. The molecule has 0 saturated heterocycles. The Labute approximate surface area is 113 Å². The summed E-state index contributed by atoms with van der Waals surface area (Å²) in [6.45, 7) is 6.05. The quantitative estimate of drug-likeness (QED) is 0.578. The Hall–Kier alpha value is -0.570. The number of unbranched alkanes of at least 4 members (excludes halogenated alkanes) is 7. The third kappa shape index (κ3) is 29.5. The summed E-state index contributed by atoms with van der Waals surface area (Å²) in [5.74, 6) is 0.0413. The summed E-state index contributed by atoms with van der Waals surface area (Å²) >= 11 is 0. The van der Waals surface area contributed by atoms with E-state index in [-0.39, 0.29) is 0 Å². The second kappa shape index (κ2) is 16.4. The third-order valence-corrected chi connectivity index (χ3v) is 2.69. The smallest absolute Gasteiger partial charge is 0.300 e. The standard InChI is InChI=1S/C13H28O.C2H4O2/c1-13(2)11-9-7-5-3-4-6-8-10-12-14;1-2(3)4/h13-14H,3-12H2,1-2H3;1H3,(H,3,4). The molecule has 3 heteroatoms. The second-order valence-electron chi connectivity index (χ2n) is 5.25. The van der Waals surface area contributed by atoms with Crippen LogP contribution in [0.3, 0.4) is 0 Å². The number of carboxylic acids is 1. The van der Waals surface area contributed by atoms with Crippen molar-refractivity contribution in [2.75, 3.05) is 6.61 Å². The van der Waals surface area contributed by atoms with Crippen molar-refractivity contribution in [2.24, 2.45) is 5.92 Å². The molecule has 0 aliphatic heterocycles. The van der Waals surface area contributed by atoms with Crippen LogP contribution < -0.4 is 0 Å². The molecule has 0 aromatic carbocycles. The molecule has 0 heterocycles. The lowest BCUT2D eigenvalue weighted by Crippen LogP contribution is -1.87. The average Bonchev–Trinajstić information content (AvgIpc) is 2.26. The summed E-state index contributed by atoms with van der Waals surface area (Å²) in [6.07, 6.45) is 11.9. The van der Waals surface area contributed by atoms with E-state index in [0.29, 0.717) is 6.61 Å². The molecule has 0 spiro atoms. The molecule has 0 saturated carbocycles. The van der Waals surface area contributed by atoms with Crippen LogP contribution in [-0.4, -0.2) is 22.8 Å². The van der Waals surface area contributed by atoms with Gasteiger partial charge in [0.05, 0.1) is 0 Å². The molecule has 2 N–H and O–H groups in total. The van der Waals surface area contributed by atoms with Gasteiger partial charge in [-0.15, -0.1) is 0 Å². The number of rotatable bonds is 10. The van der Waals surface area contributed by atoms with Gasteiger partial charge in [0.25, 0.3) is 5.97 Å². The molecular weight excluding hydrogens is 228 g/mol. The van der Waals surface area contributed by atoms with Gasteiger partial charge in [0.1, 0.15) is 0 Å². The molecule has 0 rings (SSSR count). The predicted octanol–water partition coefficient (Wildman–Crippen LogP) is 4.24. The Morgan fingerprint density at radius 1 is 0.889 bits per heavy atom. The van der Waals surface area contributed by atoms with Gasteiger partial charge in [0, 0.05) is 13.5 Å². The first-order valence-corrected chi connectivity index (χ1v) is 7.31. The SMILES string of the molecule is CC(=O)O.CC(C)CCCCCCCCCCO. The fraction of sp³-hybridized carbons (Fsp3) is 0.933. The summed E-state index contributed by atoms with van der Waals surface area (Å²) in [5.41, 5.74) is 0. The van der Waals surface area contributed by atoms with E-state index in [1.54, 1.807) is 0 Å². The first-order chi connectivity index (χ1) is 8.50. The Morgan fingerprint density at radius 2 is 1.22 bits per heavy atom. The molecule has 0 unspecified atom stereocenters. The van der Waals surface area contributed by atoms with E-state index in [1.165, 1.54) is 51.4 Å². The minimum absolute atomic E-state index is 0.369. The highest BCUT2D eigenvalue weighted by atomic mass is 16.4. The molecule has 18 heavy (non-hydrogen) atoms. The van der Waals surface area contributed by atoms with Crippen LogP contribution in [0, 0.1) is 5.92 Å². The number of carboxylic acid groups (broad SMARTS) is 1. The normalized spacial score (nSPS) is 10.1. The molecule has 110 valence electrons. The van der Waals surface area contributed by atoms with Gasteiger partial charge in [-0.3, -0.25) is 4.79 Å². The van der Waals surface area contributed by atoms with Gasteiger partial charge in [-0.25, -0.2) is 0 Å². The van der Waals surface area contributed by atoms with E-state index < -0.39 is 5.97 Å². The van der Waals surface area contributed by atoms with Crippen LogP contribution in [-0.2, 0) is 4.79 Å². The number of aliphatic hydroxyl groups is 1. The fourth-order valence-corrected chi connectivity index (χ4v) is 1.73. The van der Waals surface area contributed by atoms with Gasteiger partial charge < -0.3 is 10.2 Å². The Kier molecular flexibility index (Phi) is 18.0. The van der Waals surface area contributed by atoms with Gasteiger partial charge in [0.2, 0.25) is 0 Å². The molecule has 0 aliphatic carbocycles. The topological polar surface area (TPSA) is 57.5 Å². The van der Waals surface area contributed by atoms with Gasteiger partial charge >= 0.3 is 0 Å². The molecular formula is C15H32O3. The van der Waals surface area contributed by atoms with Crippen molar-refractivity contribution in [3.05, 3.63) is 0 Å². The van der Waals surface area contributed by atoms with Crippen molar-refractivity contribution < 1.29 is 15.0 Å². The van der Waals surface area contributed by atoms with E-state index >= 15 is 0 Å². The average molecular weight is 260 g/mol. The van der Waals surface area contributed by atoms with E-state index in [1.807, 2.05) is 0 Å². The van der Waals surface area contributed by atoms with E-state index in [9.17, 15) is 0 Å². The minimum atomic E-state index is -0.833. The summed E-state index contributed by atoms with van der Waals surface area (Å²) < 4.78 is 0. The molecule has 0 aromatic rings. The number of hydrogen-bond donors (Lipinski definition) is 2. The van der Waals surface area contributed by atoms with Crippen molar-refractivity contribution in [3.63, 3.8) is 0 Å². The van der Waals surface area contributed by atoms with Crippen LogP contribution >= 0.6 is 0 Å². The lowest BCUT2D eigenvalue weighted by molar-refractivity contribution is -0.134. The van der Waals surface area contributed by atoms with Crippen molar-refractivity contribution in [1.29, 1.82) is 0 Å². The maximum absolute atomic E-state index is 9.00. The highest BCUT2D eigenvalue weighted by molar-refractivity contribution is 5.62. The number of hydrogen-bond acceptors (Lipinski definition) is 2. The lowest BCUT2D eigenvalue weighted by atomic mass is 10.0. The summed E-state index contributed by atoms with van der Waals surface area (Å²) in [7, 11) is 0. The van der Waals surface area contributed by atoms with Crippen LogP contribution in [0.25, 0.3) is 0 Å². The largest absolute Gasteiger partial charge is 0.481 e. The molecule has 3 nitrogen and oxygen atoms in total. The number of aliphatic carboxylic acids is 1. The fourth-order valence-electron chi connectivity index (χ4n) is 1.73. The molecule has 0 aromatic heterocycles. The molecule has 0 aliphatic rings. The van der Waals surface area contributed by atoms with Crippen LogP contribution in [0.4, 0.5) is 0 Å². The first kappa shape index (κ1) is 19.8. The lowest BCUT2D eigenvalue weighted by Gasteiger charge is -2.04.